The van der Waals surface area contributed by atoms with E-state index in [1.165, 1.54) is 24.3 Å². The fourth-order valence-electron chi connectivity index (χ4n) is 4.16. The second-order valence-corrected chi connectivity index (χ2v) is 10.1. The van der Waals surface area contributed by atoms with Gasteiger partial charge in [0.05, 0.1) is 22.5 Å². The summed E-state index contributed by atoms with van der Waals surface area (Å²) in [4.78, 5) is 27.4. The van der Waals surface area contributed by atoms with Crippen LogP contribution in [0.3, 0.4) is 0 Å². The lowest BCUT2D eigenvalue weighted by Gasteiger charge is -2.15. The molecule has 0 atom stereocenters. The van der Waals surface area contributed by atoms with Crippen molar-refractivity contribution in [2.24, 2.45) is 0 Å². The molecule has 4 aromatic rings. The zero-order chi connectivity index (χ0) is 29.3. The van der Waals surface area contributed by atoms with Gasteiger partial charge in [-0.1, -0.05) is 40.5 Å². The number of nitrogens with zero attached hydrogens (tertiary/aromatic N) is 2. The van der Waals surface area contributed by atoms with Crippen molar-refractivity contribution < 1.29 is 37.1 Å². The van der Waals surface area contributed by atoms with Gasteiger partial charge in [-0.2, -0.15) is 13.2 Å². The van der Waals surface area contributed by atoms with E-state index in [0.717, 1.165) is 25.0 Å². The Kier molecular flexibility index (Phi) is 7.92. The third-order valence-corrected chi connectivity index (χ3v) is 7.08. The Bertz CT molecular complexity index is 1620. The van der Waals surface area contributed by atoms with Crippen LogP contribution in [0.25, 0.3) is 0 Å². The Morgan fingerprint density at radius 1 is 1.02 bits per heavy atom. The number of aromatic nitrogens is 2. The van der Waals surface area contributed by atoms with E-state index >= 15 is 0 Å². The Morgan fingerprint density at radius 3 is 2.37 bits per heavy atom. The second kappa shape index (κ2) is 11.4. The Morgan fingerprint density at radius 2 is 1.71 bits per heavy atom. The van der Waals surface area contributed by atoms with Gasteiger partial charge in [0, 0.05) is 34.0 Å². The van der Waals surface area contributed by atoms with E-state index < -0.39 is 29.4 Å². The number of hydrogen-bond donors (Lipinski definition) is 2. The molecule has 2 heterocycles. The molecule has 1 aliphatic rings. The van der Waals surface area contributed by atoms with E-state index in [1.807, 2.05) is 0 Å². The van der Waals surface area contributed by atoms with Crippen LogP contribution in [0.15, 0.2) is 59.1 Å². The van der Waals surface area contributed by atoms with E-state index in [1.54, 1.807) is 18.2 Å². The van der Waals surface area contributed by atoms with Crippen molar-refractivity contribution in [3.05, 3.63) is 104 Å². The minimum atomic E-state index is -4.94. The Hall–Kier alpha value is -4.09. The number of amides is 1. The fourth-order valence-corrected chi connectivity index (χ4v) is 4.69. The molecular weight excluding hydrogens is 586 g/mol. The first-order valence-electron chi connectivity index (χ1n) is 12.3. The summed E-state index contributed by atoms with van der Waals surface area (Å²) in [7, 11) is 0. The molecule has 1 fully saturated rings. The third-order valence-electron chi connectivity index (χ3n) is 6.38. The van der Waals surface area contributed by atoms with Crippen LogP contribution < -0.4 is 10.1 Å². The van der Waals surface area contributed by atoms with E-state index in [4.69, 9.17) is 37.6 Å². The predicted octanol–water partition coefficient (Wildman–Crippen LogP) is 7.39. The summed E-state index contributed by atoms with van der Waals surface area (Å²) in [6, 6.07) is 12.2. The monoisotopic (exact) mass is 605 g/mol. The standard InChI is InChI=1S/C28H20Cl2F3N3O5/c29-19-5-2-6-20(30)17(19)12-22-18(24(41-36-22)14-7-8-14)13-40-23-10-9-21(25(35-23)28(31,32)33)34-26(37)15-3-1-4-16(11-15)27(38)39/h1-6,9-11,14H,7-8,12-13H2,(H,34,37)(H,38,39). The molecule has 2 aromatic heterocycles. The SMILES string of the molecule is O=C(O)c1cccc(C(=O)Nc2ccc(OCc3c(Cc4c(Cl)cccc4Cl)noc3C3CC3)nc2C(F)(F)F)c1. The number of nitrogens with one attached hydrogen (secondary N) is 1. The summed E-state index contributed by atoms with van der Waals surface area (Å²) in [6.45, 7) is -0.176. The number of benzene rings is 2. The summed E-state index contributed by atoms with van der Waals surface area (Å²) in [5.41, 5.74) is -0.628. The lowest BCUT2D eigenvalue weighted by molar-refractivity contribution is -0.140. The van der Waals surface area contributed by atoms with Crippen LogP contribution in [0.1, 0.15) is 67.8 Å². The van der Waals surface area contributed by atoms with Gasteiger partial charge in [0.1, 0.15) is 12.4 Å². The van der Waals surface area contributed by atoms with Crippen LogP contribution >= 0.6 is 23.2 Å². The largest absolute Gasteiger partial charge is 0.478 e. The Labute approximate surface area is 241 Å². The molecule has 0 radical (unpaired) electrons. The van der Waals surface area contributed by atoms with Crippen LogP contribution in [0.4, 0.5) is 18.9 Å². The first kappa shape index (κ1) is 28.4. The lowest BCUT2D eigenvalue weighted by Crippen LogP contribution is -2.19. The maximum atomic E-state index is 13.9. The molecule has 1 aliphatic carbocycles. The van der Waals surface area contributed by atoms with Gasteiger partial charge in [0.25, 0.3) is 5.91 Å². The number of rotatable bonds is 9. The molecule has 1 amide bonds. The first-order chi connectivity index (χ1) is 19.5. The normalized spacial score (nSPS) is 13.2. The molecule has 1 saturated carbocycles. The summed E-state index contributed by atoms with van der Waals surface area (Å²) < 4.78 is 53.0. The number of carboxylic acid groups (broad SMARTS) is 1. The number of ether oxygens (including phenoxy) is 1. The molecule has 8 nitrogen and oxygen atoms in total. The molecule has 2 N–H and O–H groups in total. The molecule has 212 valence electrons. The van der Waals surface area contributed by atoms with Crippen LogP contribution in [0.2, 0.25) is 10.0 Å². The highest BCUT2D eigenvalue weighted by molar-refractivity contribution is 6.36. The molecule has 0 unspecified atom stereocenters. The molecule has 0 aliphatic heterocycles. The van der Waals surface area contributed by atoms with Gasteiger partial charge < -0.3 is 19.7 Å². The van der Waals surface area contributed by atoms with E-state index in [-0.39, 0.29) is 36.0 Å². The number of anilines is 1. The molecular formula is C28H20Cl2F3N3O5. The van der Waals surface area contributed by atoms with Crippen molar-refractivity contribution >= 4 is 40.8 Å². The van der Waals surface area contributed by atoms with Crippen LogP contribution in [0.5, 0.6) is 5.88 Å². The van der Waals surface area contributed by atoms with E-state index in [9.17, 15) is 22.8 Å². The maximum Gasteiger partial charge on any atom is 0.435 e. The zero-order valence-electron chi connectivity index (χ0n) is 21.0. The van der Waals surface area contributed by atoms with Crippen molar-refractivity contribution in [2.45, 2.75) is 38.0 Å². The van der Waals surface area contributed by atoms with Crippen LogP contribution in [0, 0.1) is 0 Å². The number of aromatic carboxylic acids is 1. The zero-order valence-corrected chi connectivity index (χ0v) is 22.5. The predicted molar refractivity (Wildman–Crippen MR) is 143 cm³/mol. The molecule has 0 bridgehead atoms. The minimum Gasteiger partial charge on any atom is -0.478 e. The van der Waals surface area contributed by atoms with Gasteiger partial charge in [-0.25, -0.2) is 9.78 Å². The van der Waals surface area contributed by atoms with Gasteiger partial charge >= 0.3 is 12.1 Å². The lowest BCUT2D eigenvalue weighted by atomic mass is 10.0. The third kappa shape index (κ3) is 6.47. The van der Waals surface area contributed by atoms with Crippen molar-refractivity contribution in [3.8, 4) is 5.88 Å². The van der Waals surface area contributed by atoms with Crippen LogP contribution in [-0.4, -0.2) is 27.1 Å². The first-order valence-corrected chi connectivity index (χ1v) is 13.0. The minimum absolute atomic E-state index is 0.132. The average Bonchev–Trinajstić information content (AvgIpc) is 3.70. The topological polar surface area (TPSA) is 115 Å². The van der Waals surface area contributed by atoms with Gasteiger partial charge in [-0.15, -0.1) is 0 Å². The van der Waals surface area contributed by atoms with Gasteiger partial charge in [-0.05, 0) is 54.8 Å². The molecule has 0 spiro atoms. The molecule has 5 rings (SSSR count). The molecule has 2 aromatic carbocycles. The molecule has 0 saturated heterocycles. The highest BCUT2D eigenvalue weighted by atomic mass is 35.5. The van der Waals surface area contributed by atoms with E-state index in [2.05, 4.69) is 15.5 Å². The number of pyridine rings is 1. The molecule has 41 heavy (non-hydrogen) atoms. The number of carbonyl (C=O) groups is 2. The summed E-state index contributed by atoms with van der Waals surface area (Å²) in [6.07, 6.45) is -2.95. The van der Waals surface area contributed by atoms with Gasteiger partial charge in [0.15, 0.2) is 5.69 Å². The Balaban J connectivity index is 1.38. The van der Waals surface area contributed by atoms with Gasteiger partial charge in [-0.3, -0.25) is 4.79 Å². The van der Waals surface area contributed by atoms with Crippen molar-refractivity contribution in [2.75, 3.05) is 5.32 Å². The highest BCUT2D eigenvalue weighted by Crippen LogP contribution is 2.43. The highest BCUT2D eigenvalue weighted by Gasteiger charge is 2.37. The summed E-state index contributed by atoms with van der Waals surface area (Å²) >= 11 is 12.6. The smallest absolute Gasteiger partial charge is 0.435 e. The second-order valence-electron chi connectivity index (χ2n) is 9.30. The number of hydrogen-bond acceptors (Lipinski definition) is 6. The van der Waals surface area contributed by atoms with Crippen molar-refractivity contribution in [1.29, 1.82) is 0 Å². The van der Waals surface area contributed by atoms with Crippen molar-refractivity contribution in [3.63, 3.8) is 0 Å². The number of alkyl halides is 3. The average molecular weight is 606 g/mol. The van der Waals surface area contributed by atoms with Crippen molar-refractivity contribution in [1.82, 2.24) is 10.1 Å². The van der Waals surface area contributed by atoms with Gasteiger partial charge in [0.2, 0.25) is 5.88 Å². The molecule has 13 heteroatoms. The van der Waals surface area contributed by atoms with Crippen LogP contribution in [-0.2, 0) is 19.2 Å². The fraction of sp³-hybridized carbons (Fsp3) is 0.214. The maximum absolute atomic E-state index is 13.9. The van der Waals surface area contributed by atoms with E-state index in [0.29, 0.717) is 32.6 Å². The summed E-state index contributed by atoms with van der Waals surface area (Å²) in [5, 5.41) is 16.3. The quantitative estimate of drug-likeness (QED) is 0.204. The number of carboxylic acids is 1. The number of carbonyl (C=O) groups excluding carboxylic acids is 1. The number of halogens is 5. The summed E-state index contributed by atoms with van der Waals surface area (Å²) in [5.74, 6) is -1.84.